The average molecular weight is 367 g/mol. The lowest BCUT2D eigenvalue weighted by Crippen LogP contribution is -2.42. The Morgan fingerprint density at radius 2 is 2.11 bits per heavy atom. The summed E-state index contributed by atoms with van der Waals surface area (Å²) in [6, 6.07) is 0. The highest BCUT2D eigenvalue weighted by atomic mass is 16.1. The van der Waals surface area contributed by atoms with Crippen molar-refractivity contribution in [2.75, 3.05) is 24.5 Å². The summed E-state index contributed by atoms with van der Waals surface area (Å²) in [6.07, 6.45) is 12.4. The van der Waals surface area contributed by atoms with Crippen LogP contribution in [0.4, 0.5) is 5.82 Å². The Morgan fingerprint density at radius 1 is 1.30 bits per heavy atom. The molecule has 1 fully saturated rings. The summed E-state index contributed by atoms with van der Waals surface area (Å²) < 4.78 is 1.67. The number of anilines is 1. The smallest absolute Gasteiger partial charge is 0.223 e. The van der Waals surface area contributed by atoms with E-state index in [1.807, 2.05) is 0 Å². The molecule has 4 rings (SSSR count). The van der Waals surface area contributed by atoms with Gasteiger partial charge in [-0.25, -0.2) is 0 Å². The third-order valence-electron chi connectivity index (χ3n) is 5.16. The predicted octanol–water partition coefficient (Wildman–Crippen LogP) is 0.818. The van der Waals surface area contributed by atoms with Gasteiger partial charge >= 0.3 is 0 Å². The van der Waals surface area contributed by atoms with E-state index >= 15 is 0 Å². The van der Waals surface area contributed by atoms with Crippen molar-refractivity contribution >= 4 is 17.4 Å². The minimum Gasteiger partial charge on any atom is -0.356 e. The summed E-state index contributed by atoms with van der Waals surface area (Å²) in [6.45, 7) is 2.09. The first-order chi connectivity index (χ1) is 13.2. The van der Waals surface area contributed by atoms with Crippen LogP contribution in [-0.4, -0.2) is 56.2 Å². The molecule has 0 aromatic carbocycles. The summed E-state index contributed by atoms with van der Waals surface area (Å²) in [5, 5.41) is 22.8. The second kappa shape index (κ2) is 7.26. The fourth-order valence-corrected chi connectivity index (χ4v) is 3.45. The normalized spacial score (nSPS) is 18.4. The molecular formula is C17H21N9O. The van der Waals surface area contributed by atoms with Gasteiger partial charge in [-0.1, -0.05) is 0 Å². The van der Waals surface area contributed by atoms with Gasteiger partial charge in [0.05, 0.1) is 12.4 Å². The maximum absolute atomic E-state index is 12.5. The van der Waals surface area contributed by atoms with Crippen LogP contribution >= 0.6 is 0 Å². The lowest BCUT2D eigenvalue weighted by molar-refractivity contribution is -0.125. The molecule has 1 amide bonds. The lowest BCUT2D eigenvalue weighted by atomic mass is 9.95. The molecule has 0 atom stereocenters. The Kier molecular flexibility index (Phi) is 4.66. The number of piperidine rings is 1. The van der Waals surface area contributed by atoms with Gasteiger partial charge in [0.2, 0.25) is 5.91 Å². The third kappa shape index (κ3) is 3.72. The van der Waals surface area contributed by atoms with Crippen LogP contribution in [0.3, 0.4) is 0 Å². The fraction of sp³-hybridized carbons (Fsp3) is 0.588. The van der Waals surface area contributed by atoms with Crippen LogP contribution in [0.2, 0.25) is 0 Å². The van der Waals surface area contributed by atoms with Crippen molar-refractivity contribution < 1.29 is 4.79 Å². The molecule has 27 heavy (non-hydrogen) atoms. The second-order valence-corrected chi connectivity index (χ2v) is 6.90. The molecule has 2 aliphatic heterocycles. The van der Waals surface area contributed by atoms with Crippen molar-refractivity contribution in [1.82, 2.24) is 30.3 Å². The Bertz CT molecular complexity index is 885. The number of carbonyl (C=O) groups is 1. The second-order valence-electron chi connectivity index (χ2n) is 6.90. The van der Waals surface area contributed by atoms with Gasteiger partial charge < -0.3 is 10.2 Å². The number of tetrazole rings is 1. The minimum absolute atomic E-state index is 0.0111. The van der Waals surface area contributed by atoms with E-state index in [9.17, 15) is 4.79 Å². The van der Waals surface area contributed by atoms with Gasteiger partial charge in [0.1, 0.15) is 0 Å². The SMILES string of the molecule is C#CCCC1(CCNC(=O)C2CCN(c3cncc4nnnn34)CC2)N=N1. The number of rotatable bonds is 7. The van der Waals surface area contributed by atoms with E-state index in [1.54, 1.807) is 16.9 Å². The van der Waals surface area contributed by atoms with E-state index in [0.29, 0.717) is 25.0 Å². The van der Waals surface area contributed by atoms with Crippen LogP contribution < -0.4 is 10.2 Å². The maximum atomic E-state index is 12.5. The van der Waals surface area contributed by atoms with Crippen molar-refractivity contribution in [1.29, 1.82) is 0 Å². The van der Waals surface area contributed by atoms with Gasteiger partial charge in [-0.15, -0.1) is 17.4 Å². The van der Waals surface area contributed by atoms with Crippen LogP contribution in [-0.2, 0) is 4.79 Å². The molecule has 4 heterocycles. The van der Waals surface area contributed by atoms with E-state index in [0.717, 1.165) is 38.2 Å². The first kappa shape index (κ1) is 17.3. The molecule has 0 unspecified atom stereocenters. The van der Waals surface area contributed by atoms with Gasteiger partial charge in [-0.2, -0.15) is 14.7 Å². The molecule has 0 saturated carbocycles. The number of hydrogen-bond donors (Lipinski definition) is 1. The molecule has 2 aliphatic rings. The largest absolute Gasteiger partial charge is 0.356 e. The van der Waals surface area contributed by atoms with Crippen LogP contribution in [0, 0.1) is 18.3 Å². The average Bonchev–Trinajstić information content (AvgIpc) is 3.30. The van der Waals surface area contributed by atoms with Crippen molar-refractivity contribution in [2.24, 2.45) is 16.1 Å². The number of nitrogens with one attached hydrogen (secondary N) is 1. The highest BCUT2D eigenvalue weighted by molar-refractivity contribution is 5.79. The molecule has 2 aromatic heterocycles. The number of aromatic nitrogens is 5. The van der Waals surface area contributed by atoms with Crippen molar-refractivity contribution in [3.8, 4) is 12.3 Å². The van der Waals surface area contributed by atoms with E-state index in [-0.39, 0.29) is 17.5 Å². The van der Waals surface area contributed by atoms with Gasteiger partial charge in [-0.3, -0.25) is 9.78 Å². The van der Waals surface area contributed by atoms with E-state index in [4.69, 9.17) is 6.42 Å². The van der Waals surface area contributed by atoms with Crippen LogP contribution in [0.5, 0.6) is 0 Å². The third-order valence-corrected chi connectivity index (χ3v) is 5.16. The molecule has 1 saturated heterocycles. The zero-order valence-corrected chi connectivity index (χ0v) is 15.0. The molecule has 0 spiro atoms. The monoisotopic (exact) mass is 367 g/mol. The highest BCUT2D eigenvalue weighted by Gasteiger charge is 2.38. The van der Waals surface area contributed by atoms with Gasteiger partial charge in [0.15, 0.2) is 17.1 Å². The molecule has 10 heteroatoms. The summed E-state index contributed by atoms with van der Waals surface area (Å²) in [7, 11) is 0. The fourth-order valence-electron chi connectivity index (χ4n) is 3.45. The van der Waals surface area contributed by atoms with Crippen molar-refractivity contribution in [3.05, 3.63) is 12.4 Å². The molecule has 0 radical (unpaired) electrons. The van der Waals surface area contributed by atoms with E-state index in [1.165, 1.54) is 0 Å². The number of amides is 1. The molecule has 0 aliphatic carbocycles. The van der Waals surface area contributed by atoms with Gasteiger partial charge in [0.25, 0.3) is 0 Å². The number of hydrogen-bond acceptors (Lipinski definition) is 8. The molecule has 10 nitrogen and oxygen atoms in total. The van der Waals surface area contributed by atoms with Crippen LogP contribution in [0.1, 0.15) is 32.1 Å². The number of nitrogens with zero attached hydrogens (tertiary/aromatic N) is 8. The Hall–Kier alpha value is -3.09. The summed E-state index contributed by atoms with van der Waals surface area (Å²) in [5.41, 5.74) is 0.266. The minimum atomic E-state index is -0.347. The Morgan fingerprint density at radius 3 is 2.85 bits per heavy atom. The summed E-state index contributed by atoms with van der Waals surface area (Å²) in [4.78, 5) is 18.8. The number of fused-ring (bicyclic) bond motifs is 1. The Balaban J connectivity index is 1.25. The molecular weight excluding hydrogens is 346 g/mol. The number of terminal acetylenes is 1. The zero-order chi connectivity index (χ0) is 18.7. The molecule has 140 valence electrons. The zero-order valence-electron chi connectivity index (χ0n) is 15.0. The molecule has 1 N–H and O–H groups in total. The summed E-state index contributed by atoms with van der Waals surface area (Å²) in [5.74, 6) is 3.57. The van der Waals surface area contributed by atoms with Crippen molar-refractivity contribution in [3.63, 3.8) is 0 Å². The Labute approximate surface area is 156 Å². The first-order valence-corrected chi connectivity index (χ1v) is 9.13. The lowest BCUT2D eigenvalue weighted by Gasteiger charge is -2.32. The quantitative estimate of drug-likeness (QED) is 0.725. The first-order valence-electron chi connectivity index (χ1n) is 9.13. The van der Waals surface area contributed by atoms with Crippen LogP contribution in [0.25, 0.3) is 5.65 Å². The highest BCUT2D eigenvalue weighted by Crippen LogP contribution is 2.36. The standard InChI is InChI=1S/C17H21N9O/c1-2-3-6-17(21-22-17)7-8-19-16(27)13-4-9-25(10-5-13)15-12-18-11-14-20-23-24-26(14)15/h1,11-13H,3-10H2,(H,19,27). The maximum Gasteiger partial charge on any atom is 0.223 e. The van der Waals surface area contributed by atoms with Gasteiger partial charge in [0, 0.05) is 44.8 Å². The topological polar surface area (TPSA) is 113 Å². The van der Waals surface area contributed by atoms with E-state index < -0.39 is 0 Å². The predicted molar refractivity (Wildman–Crippen MR) is 96.8 cm³/mol. The molecule has 2 aromatic rings. The van der Waals surface area contributed by atoms with Crippen LogP contribution in [0.15, 0.2) is 22.6 Å². The molecule has 0 bridgehead atoms. The van der Waals surface area contributed by atoms with Crippen molar-refractivity contribution in [2.45, 2.75) is 37.8 Å². The number of carbonyl (C=O) groups excluding carboxylic acids is 1. The summed E-state index contributed by atoms with van der Waals surface area (Å²) >= 11 is 0. The van der Waals surface area contributed by atoms with Gasteiger partial charge in [-0.05, 0) is 23.3 Å². The van der Waals surface area contributed by atoms with E-state index in [2.05, 4.69) is 46.9 Å².